The molecule has 34 heavy (non-hydrogen) atoms. The molecule has 0 amide bonds. The largest absolute Gasteiger partial charge is 0.457 e. The molecule has 0 saturated carbocycles. The van der Waals surface area contributed by atoms with Crippen LogP contribution in [0.25, 0.3) is 37.9 Å². The monoisotopic (exact) mass is 463 g/mol. The van der Waals surface area contributed by atoms with Gasteiger partial charge in [-0.25, -0.2) is 4.68 Å². The number of H-pyrrole nitrogens is 1. The number of nitrogens with one attached hydrogen (secondary N) is 1. The zero-order chi connectivity index (χ0) is 23.1. The summed E-state index contributed by atoms with van der Waals surface area (Å²) < 4.78 is 7.92. The fourth-order valence-corrected chi connectivity index (χ4v) is 4.82. The second-order valence-corrected chi connectivity index (χ2v) is 9.12. The molecule has 0 atom stereocenters. The summed E-state index contributed by atoms with van der Waals surface area (Å²) in [5.41, 5.74) is 6.15. The third-order valence-electron chi connectivity index (χ3n) is 5.59. The molecule has 6 nitrogen and oxygen atoms in total. The Kier molecular flexibility index (Phi) is 4.96. The summed E-state index contributed by atoms with van der Waals surface area (Å²) in [5.74, 6) is 1.61. The molecule has 0 saturated heterocycles. The van der Waals surface area contributed by atoms with E-state index in [-0.39, 0.29) is 0 Å². The standard InChI is InChI=1S/C27H21N5OS/c1-17-14-18(2)32(31-17)21-10-8-19(9-11-21)26-29-30-27(34-26)25-16-20-15-23(12-13-24(20)28-25)33-22-6-4-3-5-7-22/h3-16,28H,1-2H3. The van der Waals surface area contributed by atoms with Gasteiger partial charge in [0.15, 0.2) is 5.01 Å². The molecule has 0 unspecified atom stereocenters. The van der Waals surface area contributed by atoms with Crippen molar-refractivity contribution in [3.05, 3.63) is 96.3 Å². The van der Waals surface area contributed by atoms with Gasteiger partial charge in [0.1, 0.15) is 16.5 Å². The number of aryl methyl sites for hydroxylation is 2. The number of benzene rings is 3. The van der Waals surface area contributed by atoms with E-state index in [2.05, 4.69) is 63.6 Å². The van der Waals surface area contributed by atoms with Gasteiger partial charge in [0, 0.05) is 22.2 Å². The lowest BCUT2D eigenvalue weighted by atomic mass is 10.2. The fourth-order valence-electron chi connectivity index (χ4n) is 4.00. The SMILES string of the molecule is Cc1cc(C)n(-c2ccc(-c3nnc(-c4cc5cc(Oc6ccccc6)ccc5[nH]4)s3)cc2)n1. The summed E-state index contributed by atoms with van der Waals surface area (Å²) in [5, 5.41) is 16.2. The van der Waals surface area contributed by atoms with Crippen LogP contribution in [0.4, 0.5) is 0 Å². The van der Waals surface area contributed by atoms with Gasteiger partial charge >= 0.3 is 0 Å². The van der Waals surface area contributed by atoms with Crippen molar-refractivity contribution in [2.75, 3.05) is 0 Å². The van der Waals surface area contributed by atoms with Gasteiger partial charge in [-0.1, -0.05) is 29.5 Å². The number of para-hydroxylation sites is 1. The molecule has 0 aliphatic carbocycles. The van der Waals surface area contributed by atoms with Crippen LogP contribution in [-0.2, 0) is 0 Å². The van der Waals surface area contributed by atoms with Crippen LogP contribution >= 0.6 is 11.3 Å². The zero-order valence-electron chi connectivity index (χ0n) is 18.7. The molecule has 166 valence electrons. The minimum Gasteiger partial charge on any atom is -0.457 e. The van der Waals surface area contributed by atoms with E-state index in [1.165, 1.54) is 0 Å². The average molecular weight is 464 g/mol. The van der Waals surface area contributed by atoms with E-state index in [0.717, 1.165) is 60.7 Å². The third-order valence-corrected chi connectivity index (χ3v) is 6.60. The Bertz CT molecular complexity index is 1600. The van der Waals surface area contributed by atoms with E-state index in [1.807, 2.05) is 60.1 Å². The van der Waals surface area contributed by atoms with Crippen molar-refractivity contribution in [2.24, 2.45) is 0 Å². The average Bonchev–Trinajstić information content (AvgIpc) is 3.58. The summed E-state index contributed by atoms with van der Waals surface area (Å²) in [6, 6.07) is 28.2. The highest BCUT2D eigenvalue weighted by Gasteiger charge is 2.12. The number of hydrogen-bond acceptors (Lipinski definition) is 5. The fraction of sp³-hybridized carbons (Fsp3) is 0.0741. The maximum Gasteiger partial charge on any atom is 0.164 e. The first-order valence-electron chi connectivity index (χ1n) is 11.0. The maximum atomic E-state index is 5.97. The van der Waals surface area contributed by atoms with Crippen LogP contribution in [-0.4, -0.2) is 25.0 Å². The number of aromatic amines is 1. The van der Waals surface area contributed by atoms with Crippen LogP contribution in [0.2, 0.25) is 0 Å². The molecule has 0 radical (unpaired) electrons. The number of hydrogen-bond donors (Lipinski definition) is 1. The molecule has 1 N–H and O–H groups in total. The van der Waals surface area contributed by atoms with E-state index >= 15 is 0 Å². The Morgan fingerprint density at radius 1 is 0.794 bits per heavy atom. The molecule has 0 spiro atoms. The molecule has 7 heteroatoms. The highest BCUT2D eigenvalue weighted by atomic mass is 32.1. The van der Waals surface area contributed by atoms with Crippen molar-refractivity contribution in [3.8, 4) is 38.5 Å². The van der Waals surface area contributed by atoms with Crippen LogP contribution in [0.3, 0.4) is 0 Å². The highest BCUT2D eigenvalue weighted by molar-refractivity contribution is 7.17. The van der Waals surface area contributed by atoms with Gasteiger partial charge in [-0.2, -0.15) is 5.10 Å². The lowest BCUT2D eigenvalue weighted by Crippen LogP contribution is -1.98. The van der Waals surface area contributed by atoms with Crippen molar-refractivity contribution >= 4 is 22.2 Å². The lowest BCUT2D eigenvalue weighted by molar-refractivity contribution is 0.483. The highest BCUT2D eigenvalue weighted by Crippen LogP contribution is 2.33. The Balaban J connectivity index is 1.25. The van der Waals surface area contributed by atoms with Crippen molar-refractivity contribution < 1.29 is 4.74 Å². The van der Waals surface area contributed by atoms with Gasteiger partial charge in [-0.15, -0.1) is 10.2 Å². The smallest absolute Gasteiger partial charge is 0.164 e. The first-order chi connectivity index (χ1) is 16.6. The second-order valence-electron chi connectivity index (χ2n) is 8.15. The molecule has 6 rings (SSSR count). The number of rotatable bonds is 5. The number of fused-ring (bicyclic) bond motifs is 1. The van der Waals surface area contributed by atoms with Gasteiger partial charge in [0.2, 0.25) is 0 Å². The number of nitrogens with zero attached hydrogens (tertiary/aromatic N) is 4. The number of aromatic nitrogens is 5. The van der Waals surface area contributed by atoms with Gasteiger partial charge < -0.3 is 9.72 Å². The van der Waals surface area contributed by atoms with Crippen LogP contribution in [0.15, 0.2) is 84.9 Å². The number of ether oxygens (including phenoxy) is 1. The first kappa shape index (κ1) is 20.4. The normalized spacial score (nSPS) is 11.2. The molecule has 3 heterocycles. The van der Waals surface area contributed by atoms with Gasteiger partial charge in [0.05, 0.1) is 17.1 Å². The zero-order valence-corrected chi connectivity index (χ0v) is 19.5. The van der Waals surface area contributed by atoms with Gasteiger partial charge in [-0.05, 0) is 80.6 Å². The van der Waals surface area contributed by atoms with Gasteiger partial charge in [0.25, 0.3) is 0 Å². The second kappa shape index (κ2) is 8.28. The van der Waals surface area contributed by atoms with E-state index < -0.39 is 0 Å². The molecular weight excluding hydrogens is 442 g/mol. The minimum atomic E-state index is 0.796. The predicted octanol–water partition coefficient (Wildman–Crippen LogP) is 6.95. The first-order valence-corrected chi connectivity index (χ1v) is 11.8. The van der Waals surface area contributed by atoms with Crippen LogP contribution < -0.4 is 4.74 Å². The quantitative estimate of drug-likeness (QED) is 0.300. The molecule has 0 aliphatic heterocycles. The van der Waals surface area contributed by atoms with Crippen LogP contribution in [0.1, 0.15) is 11.4 Å². The molecule has 0 aliphatic rings. The lowest BCUT2D eigenvalue weighted by Gasteiger charge is -2.04. The molecule has 0 fully saturated rings. The summed E-state index contributed by atoms with van der Waals surface area (Å²) >= 11 is 1.56. The maximum absolute atomic E-state index is 5.97. The van der Waals surface area contributed by atoms with E-state index in [9.17, 15) is 0 Å². The third kappa shape index (κ3) is 3.86. The van der Waals surface area contributed by atoms with Crippen molar-refractivity contribution in [1.82, 2.24) is 25.0 Å². The Labute approximate surface area is 200 Å². The van der Waals surface area contributed by atoms with Gasteiger partial charge in [-0.3, -0.25) is 0 Å². The molecule has 0 bridgehead atoms. The molecule has 6 aromatic rings. The van der Waals surface area contributed by atoms with Crippen molar-refractivity contribution in [2.45, 2.75) is 13.8 Å². The summed E-state index contributed by atoms with van der Waals surface area (Å²) in [7, 11) is 0. The van der Waals surface area contributed by atoms with Crippen molar-refractivity contribution in [3.63, 3.8) is 0 Å². The van der Waals surface area contributed by atoms with E-state index in [4.69, 9.17) is 4.74 Å². The molecule has 3 aromatic heterocycles. The molecular formula is C27H21N5OS. The summed E-state index contributed by atoms with van der Waals surface area (Å²) in [6.07, 6.45) is 0. The van der Waals surface area contributed by atoms with Crippen LogP contribution in [0.5, 0.6) is 11.5 Å². The van der Waals surface area contributed by atoms with E-state index in [0.29, 0.717) is 0 Å². The Hall–Kier alpha value is -4.23. The topological polar surface area (TPSA) is 68.6 Å². The summed E-state index contributed by atoms with van der Waals surface area (Å²) in [6.45, 7) is 4.06. The van der Waals surface area contributed by atoms with Crippen molar-refractivity contribution in [1.29, 1.82) is 0 Å². The Morgan fingerprint density at radius 3 is 2.35 bits per heavy atom. The summed E-state index contributed by atoms with van der Waals surface area (Å²) in [4.78, 5) is 3.45. The predicted molar refractivity (Wildman–Crippen MR) is 136 cm³/mol. The Morgan fingerprint density at radius 2 is 1.59 bits per heavy atom. The van der Waals surface area contributed by atoms with Crippen LogP contribution in [0, 0.1) is 13.8 Å². The van der Waals surface area contributed by atoms with E-state index in [1.54, 1.807) is 11.3 Å². The minimum absolute atomic E-state index is 0.796. The molecule has 3 aromatic carbocycles.